The molecule has 0 aliphatic rings. The van der Waals surface area contributed by atoms with Crippen molar-refractivity contribution in [3.8, 4) is 0 Å². The van der Waals surface area contributed by atoms with Crippen LogP contribution in [-0.4, -0.2) is 23.5 Å². The molecule has 1 atom stereocenters. The Morgan fingerprint density at radius 1 is 1.42 bits per heavy atom. The van der Waals surface area contributed by atoms with Gasteiger partial charge in [0, 0.05) is 18.0 Å². The first-order valence-corrected chi connectivity index (χ1v) is 6.31. The summed E-state index contributed by atoms with van der Waals surface area (Å²) >= 11 is 0. The van der Waals surface area contributed by atoms with Crippen LogP contribution in [0.2, 0.25) is 0 Å². The first-order valence-electron chi connectivity index (χ1n) is 6.31. The molecule has 1 heterocycles. The van der Waals surface area contributed by atoms with E-state index < -0.39 is 5.91 Å². The Kier molecular flexibility index (Phi) is 3.97. The summed E-state index contributed by atoms with van der Waals surface area (Å²) < 4.78 is 0. The summed E-state index contributed by atoms with van der Waals surface area (Å²) in [6.45, 7) is 2.63. The Morgan fingerprint density at radius 2 is 2.16 bits per heavy atom. The number of fused-ring (bicyclic) bond motifs is 1. The topological polar surface area (TPSA) is 94.0 Å². The minimum Gasteiger partial charge on any atom is -0.368 e. The minimum atomic E-state index is -0.457. The van der Waals surface area contributed by atoms with E-state index in [0.717, 1.165) is 17.3 Å². The van der Waals surface area contributed by atoms with Crippen LogP contribution in [0, 0.1) is 0 Å². The lowest BCUT2D eigenvalue weighted by Gasteiger charge is -2.12. The summed E-state index contributed by atoms with van der Waals surface area (Å²) in [5, 5.41) is 3.90. The van der Waals surface area contributed by atoms with E-state index in [1.165, 1.54) is 0 Å². The maximum atomic E-state index is 11.5. The van der Waals surface area contributed by atoms with Crippen molar-refractivity contribution in [3.05, 3.63) is 35.9 Å². The van der Waals surface area contributed by atoms with Gasteiger partial charge in [-0.1, -0.05) is 25.1 Å². The van der Waals surface area contributed by atoms with Crippen molar-refractivity contribution in [1.82, 2.24) is 4.98 Å². The predicted octanol–water partition coefficient (Wildman–Crippen LogP) is 1.48. The number of amides is 1. The van der Waals surface area contributed by atoms with Crippen LogP contribution in [0.15, 0.2) is 30.3 Å². The molecule has 0 saturated heterocycles. The van der Waals surface area contributed by atoms with Gasteiger partial charge in [-0.3, -0.25) is 4.79 Å². The smallest absolute Gasteiger partial charge is 0.249 e. The standard InChI is InChI=1S/C14H18N4O/c1-2-9(15)8-17-13-7-11(14(16)19)10-5-3-4-6-12(10)18-13/h3-7,9H,2,8,15H2,1H3,(H2,16,19)(H,17,18). The van der Waals surface area contributed by atoms with Crippen LogP contribution in [0.1, 0.15) is 23.7 Å². The third-order valence-electron chi connectivity index (χ3n) is 3.05. The Bertz CT molecular complexity index is 597. The molecule has 19 heavy (non-hydrogen) atoms. The maximum absolute atomic E-state index is 11.5. The van der Waals surface area contributed by atoms with Crippen molar-refractivity contribution < 1.29 is 4.79 Å². The minimum absolute atomic E-state index is 0.0605. The van der Waals surface area contributed by atoms with Crippen LogP contribution in [0.4, 0.5) is 5.82 Å². The Balaban J connectivity index is 2.38. The second kappa shape index (κ2) is 5.67. The van der Waals surface area contributed by atoms with Crippen LogP contribution < -0.4 is 16.8 Å². The number of primary amides is 1. The molecule has 1 aromatic heterocycles. The van der Waals surface area contributed by atoms with Gasteiger partial charge >= 0.3 is 0 Å². The average Bonchev–Trinajstić information content (AvgIpc) is 2.43. The second-order valence-electron chi connectivity index (χ2n) is 4.49. The summed E-state index contributed by atoms with van der Waals surface area (Å²) in [5.41, 5.74) is 12.5. The zero-order valence-corrected chi connectivity index (χ0v) is 10.9. The average molecular weight is 258 g/mol. The number of nitrogens with two attached hydrogens (primary N) is 2. The molecule has 1 aromatic carbocycles. The van der Waals surface area contributed by atoms with E-state index in [9.17, 15) is 4.79 Å². The van der Waals surface area contributed by atoms with Crippen molar-refractivity contribution in [1.29, 1.82) is 0 Å². The summed E-state index contributed by atoms with van der Waals surface area (Å²) in [5.74, 6) is 0.165. The van der Waals surface area contributed by atoms with Gasteiger partial charge in [-0.25, -0.2) is 4.98 Å². The number of benzene rings is 1. The lowest BCUT2D eigenvalue weighted by Crippen LogP contribution is -2.28. The molecule has 5 nitrogen and oxygen atoms in total. The predicted molar refractivity (Wildman–Crippen MR) is 77.0 cm³/mol. The molecule has 0 aliphatic heterocycles. The number of nitrogens with zero attached hydrogens (tertiary/aromatic N) is 1. The quantitative estimate of drug-likeness (QED) is 0.757. The molecular weight excluding hydrogens is 240 g/mol. The SMILES string of the molecule is CCC(N)CNc1cc(C(N)=O)c2ccccc2n1. The summed E-state index contributed by atoms with van der Waals surface area (Å²) in [6.07, 6.45) is 0.878. The molecule has 5 heteroatoms. The number of hydrogen-bond acceptors (Lipinski definition) is 4. The molecule has 0 saturated carbocycles. The second-order valence-corrected chi connectivity index (χ2v) is 4.49. The van der Waals surface area contributed by atoms with E-state index in [1.54, 1.807) is 6.07 Å². The number of aromatic nitrogens is 1. The summed E-state index contributed by atoms with van der Waals surface area (Å²) in [6, 6.07) is 9.16. The fourth-order valence-electron chi connectivity index (χ4n) is 1.85. The molecule has 100 valence electrons. The van der Waals surface area contributed by atoms with Gasteiger partial charge in [0.2, 0.25) is 5.91 Å². The van der Waals surface area contributed by atoms with Gasteiger partial charge in [0.15, 0.2) is 0 Å². The van der Waals surface area contributed by atoms with Crippen molar-refractivity contribution >= 4 is 22.6 Å². The Morgan fingerprint density at radius 3 is 2.84 bits per heavy atom. The van der Waals surface area contributed by atoms with E-state index in [2.05, 4.69) is 10.3 Å². The summed E-state index contributed by atoms with van der Waals surface area (Å²) in [4.78, 5) is 16.0. The van der Waals surface area contributed by atoms with Crippen molar-refractivity contribution in [2.24, 2.45) is 11.5 Å². The van der Waals surface area contributed by atoms with E-state index in [1.807, 2.05) is 31.2 Å². The molecule has 2 aromatic rings. The molecule has 0 bridgehead atoms. The van der Waals surface area contributed by atoms with Gasteiger partial charge in [0.25, 0.3) is 0 Å². The third kappa shape index (κ3) is 3.00. The van der Waals surface area contributed by atoms with Gasteiger partial charge in [-0.05, 0) is 18.6 Å². The number of nitrogens with one attached hydrogen (secondary N) is 1. The van der Waals surface area contributed by atoms with E-state index >= 15 is 0 Å². The lowest BCUT2D eigenvalue weighted by molar-refractivity contribution is 0.100. The van der Waals surface area contributed by atoms with Gasteiger partial charge in [0.05, 0.1) is 11.1 Å². The Labute approximate surface area is 112 Å². The van der Waals surface area contributed by atoms with Gasteiger partial charge in [0.1, 0.15) is 5.82 Å². The van der Waals surface area contributed by atoms with Crippen molar-refractivity contribution in [2.45, 2.75) is 19.4 Å². The number of rotatable bonds is 5. The number of para-hydroxylation sites is 1. The highest BCUT2D eigenvalue weighted by Gasteiger charge is 2.10. The molecule has 0 spiro atoms. The van der Waals surface area contributed by atoms with Crippen LogP contribution in [0.25, 0.3) is 10.9 Å². The zero-order chi connectivity index (χ0) is 13.8. The van der Waals surface area contributed by atoms with Crippen LogP contribution in [0.5, 0.6) is 0 Å². The zero-order valence-electron chi connectivity index (χ0n) is 10.9. The molecule has 1 amide bonds. The number of carbonyl (C=O) groups excluding carboxylic acids is 1. The fourth-order valence-corrected chi connectivity index (χ4v) is 1.85. The number of anilines is 1. The number of hydrogen-bond donors (Lipinski definition) is 3. The summed E-state index contributed by atoms with van der Waals surface area (Å²) in [7, 11) is 0. The van der Waals surface area contributed by atoms with Crippen LogP contribution >= 0.6 is 0 Å². The van der Waals surface area contributed by atoms with Crippen molar-refractivity contribution in [3.63, 3.8) is 0 Å². The first kappa shape index (κ1) is 13.3. The van der Waals surface area contributed by atoms with E-state index in [0.29, 0.717) is 17.9 Å². The van der Waals surface area contributed by atoms with E-state index in [-0.39, 0.29) is 6.04 Å². The highest BCUT2D eigenvalue weighted by molar-refractivity contribution is 6.06. The van der Waals surface area contributed by atoms with Crippen LogP contribution in [0.3, 0.4) is 0 Å². The molecule has 5 N–H and O–H groups in total. The van der Waals surface area contributed by atoms with Crippen LogP contribution in [-0.2, 0) is 0 Å². The van der Waals surface area contributed by atoms with Gasteiger partial charge in [-0.15, -0.1) is 0 Å². The molecule has 0 aliphatic carbocycles. The monoisotopic (exact) mass is 258 g/mol. The third-order valence-corrected chi connectivity index (χ3v) is 3.05. The Hall–Kier alpha value is -2.14. The highest BCUT2D eigenvalue weighted by Crippen LogP contribution is 2.20. The first-order chi connectivity index (χ1) is 9.11. The maximum Gasteiger partial charge on any atom is 0.249 e. The number of carbonyl (C=O) groups is 1. The fraction of sp³-hybridized carbons (Fsp3) is 0.286. The number of pyridine rings is 1. The molecule has 0 fully saturated rings. The van der Waals surface area contributed by atoms with Crippen molar-refractivity contribution in [2.75, 3.05) is 11.9 Å². The highest BCUT2D eigenvalue weighted by atomic mass is 16.1. The molecular formula is C14H18N4O. The van der Waals surface area contributed by atoms with Gasteiger partial charge < -0.3 is 16.8 Å². The largest absolute Gasteiger partial charge is 0.368 e. The lowest BCUT2D eigenvalue weighted by atomic mass is 10.1. The van der Waals surface area contributed by atoms with Gasteiger partial charge in [-0.2, -0.15) is 0 Å². The molecule has 1 unspecified atom stereocenters. The molecule has 2 rings (SSSR count). The molecule has 0 radical (unpaired) electrons. The normalized spacial score (nSPS) is 12.3. The van der Waals surface area contributed by atoms with E-state index in [4.69, 9.17) is 11.5 Å².